The summed E-state index contributed by atoms with van der Waals surface area (Å²) >= 11 is 0. The normalized spacial score (nSPS) is 25.6. The Balaban J connectivity index is 2.33. The van der Waals surface area contributed by atoms with Crippen LogP contribution in [0.4, 0.5) is 0 Å². The highest BCUT2D eigenvalue weighted by molar-refractivity contribution is 6.09. The van der Waals surface area contributed by atoms with Gasteiger partial charge >= 0.3 is 0 Å². The van der Waals surface area contributed by atoms with Gasteiger partial charge in [0.05, 0.1) is 13.4 Å². The SMILES string of the molecule is COC1=C(C2CCCC2)C(=O)/C(=C/O)CC1. The molecule has 0 atom stereocenters. The monoisotopic (exact) mass is 222 g/mol. The summed E-state index contributed by atoms with van der Waals surface area (Å²) in [5.41, 5.74) is 1.36. The van der Waals surface area contributed by atoms with Crippen LogP contribution in [0.3, 0.4) is 0 Å². The molecule has 0 spiro atoms. The molecule has 2 rings (SSSR count). The van der Waals surface area contributed by atoms with E-state index < -0.39 is 0 Å². The number of carbonyl (C=O) groups is 1. The lowest BCUT2D eigenvalue weighted by Gasteiger charge is -2.23. The van der Waals surface area contributed by atoms with Crippen LogP contribution in [0.5, 0.6) is 0 Å². The molecule has 0 aromatic carbocycles. The summed E-state index contributed by atoms with van der Waals surface area (Å²) < 4.78 is 5.33. The van der Waals surface area contributed by atoms with Crippen LogP contribution in [-0.4, -0.2) is 18.0 Å². The lowest BCUT2D eigenvalue weighted by atomic mass is 9.83. The maximum Gasteiger partial charge on any atom is 0.191 e. The average molecular weight is 222 g/mol. The number of hydrogen-bond donors (Lipinski definition) is 1. The molecule has 0 bridgehead atoms. The zero-order valence-electron chi connectivity index (χ0n) is 9.66. The van der Waals surface area contributed by atoms with Crippen LogP contribution < -0.4 is 0 Å². The van der Waals surface area contributed by atoms with E-state index in [1.54, 1.807) is 7.11 Å². The Morgan fingerprint density at radius 2 is 2.00 bits per heavy atom. The first-order chi connectivity index (χ1) is 7.77. The highest BCUT2D eigenvalue weighted by atomic mass is 16.5. The van der Waals surface area contributed by atoms with Gasteiger partial charge in [-0.05, 0) is 25.2 Å². The fraction of sp³-hybridized carbons (Fsp3) is 0.615. The number of aliphatic hydroxyl groups excluding tert-OH is 1. The second kappa shape index (κ2) is 4.73. The number of rotatable bonds is 2. The lowest BCUT2D eigenvalue weighted by molar-refractivity contribution is -0.113. The topological polar surface area (TPSA) is 46.5 Å². The summed E-state index contributed by atoms with van der Waals surface area (Å²) in [7, 11) is 1.63. The first-order valence-corrected chi connectivity index (χ1v) is 5.93. The van der Waals surface area contributed by atoms with Crippen LogP contribution >= 0.6 is 0 Å². The molecule has 3 heteroatoms. The molecule has 1 saturated carbocycles. The highest BCUT2D eigenvalue weighted by Crippen LogP contribution is 2.38. The van der Waals surface area contributed by atoms with Gasteiger partial charge in [-0.25, -0.2) is 0 Å². The number of Topliss-reactive ketones (excluding diaryl/α,β-unsaturated/α-hetero) is 1. The van der Waals surface area contributed by atoms with E-state index in [0.717, 1.165) is 36.9 Å². The number of ketones is 1. The van der Waals surface area contributed by atoms with E-state index in [1.165, 1.54) is 12.8 Å². The molecular formula is C13H18O3. The van der Waals surface area contributed by atoms with Crippen LogP contribution in [0.25, 0.3) is 0 Å². The number of hydrogen-bond acceptors (Lipinski definition) is 3. The predicted molar refractivity (Wildman–Crippen MR) is 60.9 cm³/mol. The molecule has 0 saturated heterocycles. The smallest absolute Gasteiger partial charge is 0.191 e. The molecule has 2 aliphatic carbocycles. The molecule has 2 aliphatic rings. The first-order valence-electron chi connectivity index (χ1n) is 5.93. The summed E-state index contributed by atoms with van der Waals surface area (Å²) in [6.07, 6.45) is 6.82. The lowest BCUT2D eigenvalue weighted by Crippen LogP contribution is -2.21. The Kier molecular flexibility index (Phi) is 3.32. The molecular weight excluding hydrogens is 204 g/mol. The molecule has 0 unspecified atom stereocenters. The molecule has 88 valence electrons. The van der Waals surface area contributed by atoms with Gasteiger partial charge in [0.2, 0.25) is 0 Å². The molecule has 0 aromatic heterocycles. The van der Waals surface area contributed by atoms with Crippen LogP contribution in [0.2, 0.25) is 0 Å². The fourth-order valence-electron chi connectivity index (χ4n) is 2.76. The Labute approximate surface area is 95.8 Å². The van der Waals surface area contributed by atoms with Crippen LogP contribution in [0.15, 0.2) is 23.2 Å². The summed E-state index contributed by atoms with van der Waals surface area (Å²) in [5, 5.41) is 9.03. The van der Waals surface area contributed by atoms with Crippen molar-refractivity contribution in [1.29, 1.82) is 0 Å². The van der Waals surface area contributed by atoms with Crippen molar-refractivity contribution in [1.82, 2.24) is 0 Å². The summed E-state index contributed by atoms with van der Waals surface area (Å²) in [5.74, 6) is 1.18. The van der Waals surface area contributed by atoms with E-state index in [4.69, 9.17) is 9.84 Å². The minimum Gasteiger partial charge on any atom is -0.515 e. The molecule has 0 aromatic rings. The Morgan fingerprint density at radius 1 is 1.31 bits per heavy atom. The molecule has 3 nitrogen and oxygen atoms in total. The van der Waals surface area contributed by atoms with E-state index in [-0.39, 0.29) is 5.78 Å². The second-order valence-corrected chi connectivity index (χ2v) is 4.51. The van der Waals surface area contributed by atoms with E-state index in [1.807, 2.05) is 0 Å². The summed E-state index contributed by atoms with van der Waals surface area (Å²) in [4.78, 5) is 12.1. The van der Waals surface area contributed by atoms with Crippen molar-refractivity contribution in [3.05, 3.63) is 23.2 Å². The minimum atomic E-state index is -0.00231. The Hall–Kier alpha value is -1.25. The number of carbonyl (C=O) groups excluding carboxylic acids is 1. The first kappa shape index (κ1) is 11.2. The van der Waals surface area contributed by atoms with Crippen LogP contribution in [0, 0.1) is 5.92 Å². The predicted octanol–water partition coefficient (Wildman–Crippen LogP) is 2.88. The zero-order chi connectivity index (χ0) is 11.5. The van der Waals surface area contributed by atoms with E-state index in [2.05, 4.69) is 0 Å². The Morgan fingerprint density at radius 3 is 2.56 bits per heavy atom. The van der Waals surface area contributed by atoms with E-state index in [0.29, 0.717) is 17.9 Å². The molecule has 0 amide bonds. The molecule has 16 heavy (non-hydrogen) atoms. The maximum atomic E-state index is 12.1. The fourth-order valence-corrected chi connectivity index (χ4v) is 2.76. The van der Waals surface area contributed by atoms with Gasteiger partial charge in [-0.2, -0.15) is 0 Å². The van der Waals surface area contributed by atoms with Gasteiger partial charge in [-0.3, -0.25) is 4.79 Å². The third-order valence-corrected chi connectivity index (χ3v) is 3.62. The van der Waals surface area contributed by atoms with Crippen molar-refractivity contribution >= 4 is 5.78 Å². The highest BCUT2D eigenvalue weighted by Gasteiger charge is 2.32. The average Bonchev–Trinajstić information content (AvgIpc) is 2.81. The number of ether oxygens (including phenoxy) is 1. The van der Waals surface area contributed by atoms with E-state index in [9.17, 15) is 4.79 Å². The molecule has 0 heterocycles. The van der Waals surface area contributed by atoms with Gasteiger partial charge in [-0.15, -0.1) is 0 Å². The minimum absolute atomic E-state index is 0.00231. The number of aliphatic hydroxyl groups is 1. The van der Waals surface area contributed by atoms with Gasteiger partial charge in [0, 0.05) is 17.6 Å². The zero-order valence-corrected chi connectivity index (χ0v) is 9.66. The Bertz CT molecular complexity index is 346. The van der Waals surface area contributed by atoms with Crippen LogP contribution in [0.1, 0.15) is 38.5 Å². The van der Waals surface area contributed by atoms with Crippen molar-refractivity contribution in [2.75, 3.05) is 7.11 Å². The van der Waals surface area contributed by atoms with Crippen molar-refractivity contribution in [3.8, 4) is 0 Å². The summed E-state index contributed by atoms with van der Waals surface area (Å²) in [6, 6.07) is 0. The van der Waals surface area contributed by atoms with Gasteiger partial charge in [0.15, 0.2) is 5.78 Å². The van der Waals surface area contributed by atoms with Gasteiger partial charge in [0.25, 0.3) is 0 Å². The summed E-state index contributed by atoms with van der Waals surface area (Å²) in [6.45, 7) is 0. The van der Waals surface area contributed by atoms with Crippen molar-refractivity contribution in [2.45, 2.75) is 38.5 Å². The quantitative estimate of drug-likeness (QED) is 0.577. The molecule has 0 aliphatic heterocycles. The largest absolute Gasteiger partial charge is 0.515 e. The van der Waals surface area contributed by atoms with Crippen molar-refractivity contribution in [2.24, 2.45) is 5.92 Å². The number of allylic oxidation sites excluding steroid dienone is 3. The van der Waals surface area contributed by atoms with Crippen molar-refractivity contribution in [3.63, 3.8) is 0 Å². The molecule has 1 N–H and O–H groups in total. The molecule has 0 radical (unpaired) electrons. The second-order valence-electron chi connectivity index (χ2n) is 4.51. The van der Waals surface area contributed by atoms with E-state index >= 15 is 0 Å². The third-order valence-electron chi connectivity index (χ3n) is 3.62. The standard InChI is InChI=1S/C13H18O3/c1-16-11-7-6-10(8-14)13(15)12(11)9-4-2-3-5-9/h8-9,14H,2-7H2,1H3/b10-8+. The van der Waals surface area contributed by atoms with Gasteiger partial charge < -0.3 is 9.84 Å². The molecule has 1 fully saturated rings. The van der Waals surface area contributed by atoms with Crippen molar-refractivity contribution < 1.29 is 14.6 Å². The van der Waals surface area contributed by atoms with Crippen LogP contribution in [-0.2, 0) is 9.53 Å². The maximum absolute atomic E-state index is 12.1. The number of methoxy groups -OCH3 is 1. The van der Waals surface area contributed by atoms with Gasteiger partial charge in [-0.1, -0.05) is 12.8 Å². The van der Waals surface area contributed by atoms with Gasteiger partial charge in [0.1, 0.15) is 5.76 Å². The third kappa shape index (κ3) is 1.86.